The summed E-state index contributed by atoms with van der Waals surface area (Å²) < 4.78 is 4.49. The molecule has 0 bridgehead atoms. The van der Waals surface area contributed by atoms with E-state index >= 15 is 0 Å². The first kappa shape index (κ1) is 56.8. The molecular weight excluding hydrogens is 1220 g/mol. The van der Waals surface area contributed by atoms with E-state index in [4.69, 9.17) is 29.9 Å². The second-order valence-electron chi connectivity index (χ2n) is 25.6. The lowest BCUT2D eigenvalue weighted by Crippen LogP contribution is -2.05. The topological polar surface area (TPSA) is 87.2 Å². The highest BCUT2D eigenvalue weighted by Gasteiger charge is 2.31. The molecule has 15 aromatic carbocycles. The molecule has 2 aliphatic rings. The van der Waals surface area contributed by atoms with Gasteiger partial charge in [-0.2, -0.15) is 9.97 Å². The summed E-state index contributed by atoms with van der Waals surface area (Å²) in [4.78, 5) is 30.1. The van der Waals surface area contributed by atoms with Gasteiger partial charge in [0.15, 0.2) is 29.1 Å². The van der Waals surface area contributed by atoms with Crippen LogP contribution in [0.3, 0.4) is 0 Å². The lowest BCUT2D eigenvalue weighted by molar-refractivity contribution is 0.934. The van der Waals surface area contributed by atoms with Crippen LogP contribution in [0, 0.1) is 0 Å². The Morgan fingerprint density at radius 2 is 0.470 bits per heavy atom. The zero-order valence-electron chi connectivity index (χ0n) is 53.9. The molecule has 8 nitrogen and oxygen atoms in total. The summed E-state index contributed by atoms with van der Waals surface area (Å²) in [5, 5.41) is 12.6. The molecule has 0 spiro atoms. The van der Waals surface area contributed by atoms with Gasteiger partial charge in [0.25, 0.3) is 0 Å². The van der Waals surface area contributed by atoms with Crippen LogP contribution in [0.2, 0.25) is 0 Å². The summed E-state index contributed by atoms with van der Waals surface area (Å²) >= 11 is 0. The standard InChI is InChI=1S/C49H30N4.C43H26N4/c1-3-15-31(16-4-1)47-50-48(32-17-5-2-6-18-32)52-49(51-47)33-19-13-20-34(29-33)53-30-42-37-23-9-12-26-40(37)45-38-24-10-7-21-35(38)36-22-8-11-25-39(36)46(45)41-27-14-28-43(53)44(41)42;1-3-14-27(15-4-1)41-44-42(28-16-5-2-6-17-28)46-43(45-41)47-26-36-31-20-9-12-23-34(31)39-32-21-10-7-18-29(32)30-19-8-11-22-33(30)40(39)35-24-13-25-37(47)38(35)36/h1-30H;1-26H. The van der Waals surface area contributed by atoms with Gasteiger partial charge in [-0.05, 0) is 123 Å². The van der Waals surface area contributed by atoms with E-state index < -0.39 is 0 Å². The molecule has 4 heterocycles. The van der Waals surface area contributed by atoms with Gasteiger partial charge in [0.05, 0.1) is 11.0 Å². The van der Waals surface area contributed by atoms with E-state index in [0.29, 0.717) is 35.1 Å². The maximum atomic E-state index is 5.10. The van der Waals surface area contributed by atoms with Gasteiger partial charge in [0.2, 0.25) is 5.95 Å². The van der Waals surface area contributed by atoms with Crippen molar-refractivity contribution >= 4 is 64.9 Å². The Kier molecular flexibility index (Phi) is 13.1. The van der Waals surface area contributed by atoms with Gasteiger partial charge in [0.1, 0.15) is 0 Å². The van der Waals surface area contributed by atoms with Crippen LogP contribution < -0.4 is 0 Å². The SMILES string of the molecule is c1ccc(-c2nc(-c3ccccc3)nc(-c3cccc(-n4cc5c6c(cccc64)-c4c(c6ccccc6c6ccccc46)-c4ccccc4-5)c3)n2)cc1.c1ccc(-c2nc(-c3ccccc3)nc(-n3cc4c5c(cccc53)-c3c(c5ccccc5c5ccccc35)-c3ccccc3-4)n2)cc1. The quantitative estimate of drug-likeness (QED) is 0.148. The molecule has 0 saturated carbocycles. The van der Waals surface area contributed by atoms with Crippen molar-refractivity contribution < 1.29 is 0 Å². The van der Waals surface area contributed by atoms with E-state index in [9.17, 15) is 0 Å². The predicted molar refractivity (Wildman–Crippen MR) is 410 cm³/mol. The third-order valence-corrected chi connectivity index (χ3v) is 20.0. The maximum absolute atomic E-state index is 5.10. The molecule has 2 aliphatic carbocycles. The van der Waals surface area contributed by atoms with Gasteiger partial charge >= 0.3 is 0 Å². The van der Waals surface area contributed by atoms with Gasteiger partial charge in [0, 0.05) is 67.8 Å². The fourth-order valence-corrected chi connectivity index (χ4v) is 15.7. The molecule has 0 aliphatic heterocycles. The van der Waals surface area contributed by atoms with Crippen molar-refractivity contribution in [3.63, 3.8) is 0 Å². The Hall–Kier alpha value is -13.6. The van der Waals surface area contributed by atoms with E-state index in [1.165, 1.54) is 121 Å². The molecule has 8 heteroatoms. The Bertz CT molecular complexity index is 6400. The van der Waals surface area contributed by atoms with Crippen molar-refractivity contribution in [1.29, 1.82) is 0 Å². The van der Waals surface area contributed by atoms with Crippen LogP contribution in [0.15, 0.2) is 340 Å². The van der Waals surface area contributed by atoms with E-state index in [1.807, 2.05) is 121 Å². The van der Waals surface area contributed by atoms with Crippen LogP contribution in [0.1, 0.15) is 0 Å². The number of aromatic nitrogens is 8. The normalized spacial score (nSPS) is 11.8. The lowest BCUT2D eigenvalue weighted by Gasteiger charge is -2.19. The zero-order valence-corrected chi connectivity index (χ0v) is 53.9. The molecule has 0 radical (unpaired) electrons. The first-order chi connectivity index (χ1) is 49.6. The van der Waals surface area contributed by atoms with Crippen LogP contribution in [0.25, 0.3) is 200 Å². The summed E-state index contributed by atoms with van der Waals surface area (Å²) in [7, 11) is 0. The molecular formula is C92H56N8. The minimum absolute atomic E-state index is 0.591. The van der Waals surface area contributed by atoms with Crippen LogP contribution in [0.4, 0.5) is 0 Å². The van der Waals surface area contributed by atoms with Crippen molar-refractivity contribution in [3.05, 3.63) is 340 Å². The van der Waals surface area contributed by atoms with Gasteiger partial charge in [-0.15, -0.1) is 0 Å². The molecule has 21 rings (SSSR count). The smallest absolute Gasteiger partial charge is 0.238 e. The Labute approximate surface area is 575 Å². The molecule has 464 valence electrons. The van der Waals surface area contributed by atoms with E-state index in [0.717, 1.165) is 44.5 Å². The number of nitrogens with zero attached hydrogens (tertiary/aromatic N) is 8. The third-order valence-electron chi connectivity index (χ3n) is 20.0. The lowest BCUT2D eigenvalue weighted by atomic mass is 9.85. The molecule has 4 aromatic heterocycles. The van der Waals surface area contributed by atoms with E-state index in [1.54, 1.807) is 0 Å². The molecule has 0 amide bonds. The Morgan fingerprint density at radius 1 is 0.190 bits per heavy atom. The highest BCUT2D eigenvalue weighted by molar-refractivity contribution is 6.29. The molecule has 19 aromatic rings. The highest BCUT2D eigenvalue weighted by atomic mass is 15.2. The first-order valence-corrected chi connectivity index (χ1v) is 33.8. The zero-order chi connectivity index (χ0) is 65.8. The third kappa shape index (κ3) is 9.08. The molecule has 0 N–H and O–H groups in total. The second-order valence-corrected chi connectivity index (χ2v) is 25.6. The average Bonchev–Trinajstić information content (AvgIpc) is 1.51. The fourth-order valence-electron chi connectivity index (χ4n) is 15.7. The van der Waals surface area contributed by atoms with Crippen LogP contribution in [-0.4, -0.2) is 39.0 Å². The van der Waals surface area contributed by atoms with E-state index in [2.05, 4.69) is 228 Å². The van der Waals surface area contributed by atoms with Crippen LogP contribution in [-0.2, 0) is 0 Å². The number of fused-ring (bicyclic) bond motifs is 20. The maximum Gasteiger partial charge on any atom is 0.238 e. The fraction of sp³-hybridized carbons (Fsp3) is 0. The number of hydrogen-bond donors (Lipinski definition) is 0. The highest BCUT2D eigenvalue weighted by Crippen LogP contribution is 2.56. The second kappa shape index (κ2) is 23.1. The largest absolute Gasteiger partial charge is 0.316 e. The molecule has 100 heavy (non-hydrogen) atoms. The first-order valence-electron chi connectivity index (χ1n) is 33.8. The number of rotatable bonds is 7. The van der Waals surface area contributed by atoms with Crippen molar-refractivity contribution in [2.45, 2.75) is 0 Å². The molecule has 0 unspecified atom stereocenters. The van der Waals surface area contributed by atoms with Gasteiger partial charge in [-0.1, -0.05) is 303 Å². The molecule has 0 saturated heterocycles. The minimum Gasteiger partial charge on any atom is -0.316 e. The Balaban J connectivity index is 0.000000136. The van der Waals surface area contributed by atoms with Gasteiger partial charge < -0.3 is 4.57 Å². The summed E-state index contributed by atoms with van der Waals surface area (Å²) in [5.41, 5.74) is 22.9. The number of hydrogen-bond acceptors (Lipinski definition) is 6. The molecule has 0 atom stereocenters. The summed E-state index contributed by atoms with van der Waals surface area (Å²) in [6.07, 6.45) is 4.54. The minimum atomic E-state index is 0.591. The van der Waals surface area contributed by atoms with Gasteiger partial charge in [-0.3, -0.25) is 4.57 Å². The van der Waals surface area contributed by atoms with Crippen molar-refractivity contribution in [2.75, 3.05) is 0 Å². The summed E-state index contributed by atoms with van der Waals surface area (Å²) in [6.45, 7) is 0. The predicted octanol–water partition coefficient (Wildman–Crippen LogP) is 23.2. The van der Waals surface area contributed by atoms with Crippen LogP contribution >= 0.6 is 0 Å². The summed E-state index contributed by atoms with van der Waals surface area (Å²) in [6, 6.07) is 116. The van der Waals surface area contributed by atoms with Gasteiger partial charge in [-0.25, -0.2) is 19.9 Å². The number of benzene rings is 15. The Morgan fingerprint density at radius 3 is 0.870 bits per heavy atom. The van der Waals surface area contributed by atoms with Crippen molar-refractivity contribution in [3.8, 4) is 135 Å². The van der Waals surface area contributed by atoms with Crippen molar-refractivity contribution in [2.24, 2.45) is 0 Å². The monoisotopic (exact) mass is 1270 g/mol. The van der Waals surface area contributed by atoms with Crippen molar-refractivity contribution in [1.82, 2.24) is 39.0 Å². The van der Waals surface area contributed by atoms with Crippen LogP contribution in [0.5, 0.6) is 0 Å². The average molecular weight is 1270 g/mol. The summed E-state index contributed by atoms with van der Waals surface area (Å²) in [5.74, 6) is 3.81. The molecule has 0 fully saturated rings. The van der Waals surface area contributed by atoms with E-state index in [-0.39, 0.29) is 0 Å².